The molecule has 0 aromatic carbocycles. The summed E-state index contributed by atoms with van der Waals surface area (Å²) < 4.78 is 0. The molecule has 1 saturated heterocycles. The smallest absolute Gasteiger partial charge is 0.224 e. The van der Waals surface area contributed by atoms with E-state index in [4.69, 9.17) is 11.6 Å². The van der Waals surface area contributed by atoms with Gasteiger partial charge >= 0.3 is 0 Å². The fourth-order valence-corrected chi connectivity index (χ4v) is 2.27. The third kappa shape index (κ3) is 3.26. The highest BCUT2D eigenvalue weighted by molar-refractivity contribution is 6.32. The summed E-state index contributed by atoms with van der Waals surface area (Å²) in [6.07, 6.45) is 1.61. The third-order valence-electron chi connectivity index (χ3n) is 3.09. The molecule has 2 rings (SSSR count). The molecular formula is C12H18ClN5O. The molecule has 0 radical (unpaired) electrons. The zero-order chi connectivity index (χ0) is 13.8. The normalized spacial score (nSPS) is 15.5. The summed E-state index contributed by atoms with van der Waals surface area (Å²) in [4.78, 5) is 23.8. The second kappa shape index (κ2) is 6.06. The van der Waals surface area contributed by atoms with E-state index in [-0.39, 0.29) is 5.91 Å². The van der Waals surface area contributed by atoms with Gasteiger partial charge in [0.05, 0.1) is 6.20 Å². The van der Waals surface area contributed by atoms with Crippen molar-refractivity contribution in [1.29, 1.82) is 0 Å². The summed E-state index contributed by atoms with van der Waals surface area (Å²) in [5.74, 6) is 1.42. The Morgan fingerprint density at radius 2 is 2.11 bits per heavy atom. The van der Waals surface area contributed by atoms with Crippen molar-refractivity contribution in [3.8, 4) is 0 Å². The highest BCUT2D eigenvalue weighted by Gasteiger charge is 2.21. The van der Waals surface area contributed by atoms with Gasteiger partial charge in [-0.3, -0.25) is 4.79 Å². The molecule has 0 saturated carbocycles. The lowest BCUT2D eigenvalue weighted by Crippen LogP contribution is -2.48. The molecule has 19 heavy (non-hydrogen) atoms. The fourth-order valence-electron chi connectivity index (χ4n) is 2.06. The van der Waals surface area contributed by atoms with Crippen molar-refractivity contribution < 1.29 is 4.79 Å². The Morgan fingerprint density at radius 1 is 1.42 bits per heavy atom. The number of nitrogens with zero attached hydrogens (tertiary/aromatic N) is 4. The van der Waals surface area contributed by atoms with Gasteiger partial charge in [-0.15, -0.1) is 0 Å². The second-order valence-corrected chi connectivity index (χ2v) is 4.80. The highest BCUT2D eigenvalue weighted by Crippen LogP contribution is 2.24. The van der Waals surface area contributed by atoms with E-state index >= 15 is 0 Å². The van der Waals surface area contributed by atoms with Crippen LogP contribution < -0.4 is 10.2 Å². The molecule has 1 amide bonds. The van der Waals surface area contributed by atoms with Crippen molar-refractivity contribution in [2.45, 2.75) is 13.8 Å². The van der Waals surface area contributed by atoms with Gasteiger partial charge in [-0.05, 0) is 6.92 Å². The number of aromatic nitrogens is 2. The molecule has 1 aliphatic rings. The predicted octanol–water partition coefficient (Wildman–Crippen LogP) is 1.23. The summed E-state index contributed by atoms with van der Waals surface area (Å²) in [7, 11) is 0. The minimum Gasteiger partial charge on any atom is -0.354 e. The first kappa shape index (κ1) is 13.9. The Kier molecular flexibility index (Phi) is 4.42. The number of hydrogen-bond donors (Lipinski definition) is 1. The van der Waals surface area contributed by atoms with Crippen LogP contribution >= 0.6 is 11.6 Å². The van der Waals surface area contributed by atoms with Crippen molar-refractivity contribution in [1.82, 2.24) is 14.9 Å². The van der Waals surface area contributed by atoms with Gasteiger partial charge in [-0.25, -0.2) is 4.98 Å². The molecule has 0 atom stereocenters. The van der Waals surface area contributed by atoms with E-state index in [1.54, 1.807) is 13.1 Å². The van der Waals surface area contributed by atoms with E-state index in [1.807, 2.05) is 11.8 Å². The fraction of sp³-hybridized carbons (Fsp3) is 0.583. The average Bonchev–Trinajstić information content (AvgIpc) is 2.41. The van der Waals surface area contributed by atoms with Crippen LogP contribution in [-0.2, 0) is 4.79 Å². The topological polar surface area (TPSA) is 61.4 Å². The monoisotopic (exact) mass is 283 g/mol. The molecule has 1 fully saturated rings. The van der Waals surface area contributed by atoms with Crippen LogP contribution in [0.2, 0.25) is 5.02 Å². The lowest BCUT2D eigenvalue weighted by Gasteiger charge is -2.35. The summed E-state index contributed by atoms with van der Waals surface area (Å²) in [5, 5.41) is 3.61. The number of carbonyl (C=O) groups excluding carboxylic acids is 1. The maximum Gasteiger partial charge on any atom is 0.224 e. The number of halogens is 1. The Labute approximate surface area is 117 Å². The van der Waals surface area contributed by atoms with Gasteiger partial charge in [-0.1, -0.05) is 11.6 Å². The maximum atomic E-state index is 11.3. The molecule has 0 spiro atoms. The summed E-state index contributed by atoms with van der Waals surface area (Å²) >= 11 is 6.15. The molecule has 7 heteroatoms. The Balaban J connectivity index is 2.10. The molecular weight excluding hydrogens is 266 g/mol. The van der Waals surface area contributed by atoms with Crippen LogP contribution in [0.25, 0.3) is 0 Å². The van der Waals surface area contributed by atoms with E-state index in [2.05, 4.69) is 20.2 Å². The Morgan fingerprint density at radius 3 is 2.68 bits per heavy atom. The van der Waals surface area contributed by atoms with Crippen LogP contribution in [0, 0.1) is 0 Å². The van der Waals surface area contributed by atoms with Gasteiger partial charge in [0, 0.05) is 39.6 Å². The van der Waals surface area contributed by atoms with E-state index in [9.17, 15) is 4.79 Å². The molecule has 1 aromatic rings. The molecule has 6 nitrogen and oxygen atoms in total. The minimum absolute atomic E-state index is 0.113. The van der Waals surface area contributed by atoms with E-state index in [0.717, 1.165) is 25.5 Å². The van der Waals surface area contributed by atoms with Crippen LogP contribution in [0.5, 0.6) is 0 Å². The van der Waals surface area contributed by atoms with Crippen LogP contribution in [0.1, 0.15) is 13.8 Å². The standard InChI is InChI=1S/C12H18ClN5O/c1-3-14-12-15-8-10(13)11(16-12)18-6-4-17(5-7-18)9(2)19/h8H,3-7H2,1-2H3,(H,14,15,16). The van der Waals surface area contributed by atoms with Gasteiger partial charge < -0.3 is 15.1 Å². The van der Waals surface area contributed by atoms with Crippen LogP contribution in [-0.4, -0.2) is 53.5 Å². The van der Waals surface area contributed by atoms with Gasteiger partial charge in [0.25, 0.3) is 0 Å². The van der Waals surface area contributed by atoms with Gasteiger partial charge in [0.2, 0.25) is 11.9 Å². The van der Waals surface area contributed by atoms with Crippen molar-refractivity contribution in [3.05, 3.63) is 11.2 Å². The average molecular weight is 284 g/mol. The zero-order valence-corrected chi connectivity index (χ0v) is 11.9. The summed E-state index contributed by atoms with van der Waals surface area (Å²) in [5.41, 5.74) is 0. The quantitative estimate of drug-likeness (QED) is 0.904. The number of piperazine rings is 1. The van der Waals surface area contributed by atoms with Crippen LogP contribution in [0.3, 0.4) is 0 Å². The molecule has 1 aliphatic heterocycles. The first-order valence-corrected chi connectivity index (χ1v) is 6.76. The summed E-state index contributed by atoms with van der Waals surface area (Å²) in [6, 6.07) is 0. The van der Waals surface area contributed by atoms with E-state index in [0.29, 0.717) is 24.1 Å². The lowest BCUT2D eigenvalue weighted by molar-refractivity contribution is -0.129. The Hall–Kier alpha value is -1.56. The van der Waals surface area contributed by atoms with Crippen molar-refractivity contribution in [2.75, 3.05) is 42.9 Å². The minimum atomic E-state index is 0.113. The highest BCUT2D eigenvalue weighted by atomic mass is 35.5. The van der Waals surface area contributed by atoms with Crippen molar-refractivity contribution >= 4 is 29.3 Å². The van der Waals surface area contributed by atoms with Crippen LogP contribution in [0.15, 0.2) is 6.20 Å². The molecule has 1 aromatic heterocycles. The first-order valence-electron chi connectivity index (χ1n) is 6.38. The van der Waals surface area contributed by atoms with Gasteiger partial charge in [0.15, 0.2) is 5.82 Å². The van der Waals surface area contributed by atoms with Gasteiger partial charge in [0.1, 0.15) is 5.02 Å². The molecule has 2 heterocycles. The van der Waals surface area contributed by atoms with Crippen molar-refractivity contribution in [2.24, 2.45) is 0 Å². The third-order valence-corrected chi connectivity index (χ3v) is 3.35. The number of rotatable bonds is 3. The zero-order valence-electron chi connectivity index (χ0n) is 11.2. The number of hydrogen-bond acceptors (Lipinski definition) is 5. The molecule has 1 N–H and O–H groups in total. The number of nitrogens with one attached hydrogen (secondary N) is 1. The predicted molar refractivity (Wildman–Crippen MR) is 75.7 cm³/mol. The first-order chi connectivity index (χ1) is 9.11. The van der Waals surface area contributed by atoms with Gasteiger partial charge in [-0.2, -0.15) is 4.98 Å². The van der Waals surface area contributed by atoms with E-state index < -0.39 is 0 Å². The second-order valence-electron chi connectivity index (χ2n) is 4.39. The number of anilines is 2. The summed E-state index contributed by atoms with van der Waals surface area (Å²) in [6.45, 7) is 7.22. The molecule has 0 bridgehead atoms. The van der Waals surface area contributed by atoms with Crippen molar-refractivity contribution in [3.63, 3.8) is 0 Å². The molecule has 104 valence electrons. The molecule has 0 unspecified atom stereocenters. The largest absolute Gasteiger partial charge is 0.354 e. The van der Waals surface area contributed by atoms with Crippen LogP contribution in [0.4, 0.5) is 11.8 Å². The molecule has 0 aliphatic carbocycles. The number of amides is 1. The lowest BCUT2D eigenvalue weighted by atomic mass is 10.3. The Bertz CT molecular complexity index is 459. The SMILES string of the molecule is CCNc1ncc(Cl)c(N2CCN(C(C)=O)CC2)n1. The maximum absolute atomic E-state index is 11.3. The van der Waals surface area contributed by atoms with E-state index in [1.165, 1.54) is 0 Å². The number of carbonyl (C=O) groups is 1.